The Morgan fingerprint density at radius 1 is 0.611 bits per heavy atom. The SMILES string of the molecule is c1ccc(-c2cccc(-c3ccncn3)n2)nc1. The average Bonchev–Trinajstić information content (AvgIpc) is 2.49. The van der Waals surface area contributed by atoms with Gasteiger partial charge in [0.25, 0.3) is 0 Å². The van der Waals surface area contributed by atoms with Gasteiger partial charge < -0.3 is 0 Å². The molecule has 86 valence electrons. The van der Waals surface area contributed by atoms with E-state index in [0.717, 1.165) is 22.8 Å². The highest BCUT2D eigenvalue weighted by molar-refractivity contribution is 5.61. The van der Waals surface area contributed by atoms with E-state index in [1.54, 1.807) is 12.4 Å². The molecule has 0 N–H and O–H groups in total. The first-order valence-electron chi connectivity index (χ1n) is 5.58. The Morgan fingerprint density at radius 3 is 2.06 bits per heavy atom. The summed E-state index contributed by atoms with van der Waals surface area (Å²) in [5.74, 6) is 0. The van der Waals surface area contributed by atoms with Gasteiger partial charge in [0.1, 0.15) is 6.33 Å². The highest BCUT2D eigenvalue weighted by Crippen LogP contribution is 2.18. The lowest BCUT2D eigenvalue weighted by Crippen LogP contribution is -1.91. The van der Waals surface area contributed by atoms with Gasteiger partial charge in [-0.1, -0.05) is 12.1 Å². The molecule has 0 bridgehead atoms. The van der Waals surface area contributed by atoms with Crippen LogP contribution in [-0.4, -0.2) is 19.9 Å². The molecule has 0 unspecified atom stereocenters. The highest BCUT2D eigenvalue weighted by Gasteiger charge is 2.04. The summed E-state index contributed by atoms with van der Waals surface area (Å²) in [7, 11) is 0. The molecule has 0 saturated heterocycles. The van der Waals surface area contributed by atoms with Crippen LogP contribution >= 0.6 is 0 Å². The Morgan fingerprint density at radius 2 is 1.39 bits per heavy atom. The zero-order valence-corrected chi connectivity index (χ0v) is 9.56. The van der Waals surface area contributed by atoms with Crippen LogP contribution in [0.1, 0.15) is 0 Å². The van der Waals surface area contributed by atoms with Crippen LogP contribution in [0.2, 0.25) is 0 Å². The van der Waals surface area contributed by atoms with Gasteiger partial charge in [0, 0.05) is 12.4 Å². The molecule has 4 nitrogen and oxygen atoms in total. The lowest BCUT2D eigenvalue weighted by Gasteiger charge is -2.03. The quantitative estimate of drug-likeness (QED) is 0.684. The molecular weight excluding hydrogens is 224 g/mol. The fourth-order valence-corrected chi connectivity index (χ4v) is 1.68. The molecule has 0 aliphatic heterocycles. The second kappa shape index (κ2) is 4.71. The Labute approximate surface area is 104 Å². The minimum absolute atomic E-state index is 0.808. The Kier molecular flexibility index (Phi) is 2.75. The summed E-state index contributed by atoms with van der Waals surface area (Å²) >= 11 is 0. The van der Waals surface area contributed by atoms with E-state index in [9.17, 15) is 0 Å². The van der Waals surface area contributed by atoms with E-state index in [-0.39, 0.29) is 0 Å². The first-order valence-corrected chi connectivity index (χ1v) is 5.58. The van der Waals surface area contributed by atoms with Crippen molar-refractivity contribution in [2.75, 3.05) is 0 Å². The molecule has 3 heterocycles. The smallest absolute Gasteiger partial charge is 0.116 e. The number of hydrogen-bond acceptors (Lipinski definition) is 4. The lowest BCUT2D eigenvalue weighted by atomic mass is 10.2. The van der Waals surface area contributed by atoms with Crippen molar-refractivity contribution >= 4 is 0 Å². The summed E-state index contributed by atoms with van der Waals surface area (Å²) in [6, 6.07) is 13.4. The van der Waals surface area contributed by atoms with Crippen LogP contribution in [0, 0.1) is 0 Å². The van der Waals surface area contributed by atoms with Crippen LogP contribution < -0.4 is 0 Å². The summed E-state index contributed by atoms with van der Waals surface area (Å²) in [6.45, 7) is 0. The molecule has 3 rings (SSSR count). The number of pyridine rings is 2. The second-order valence-electron chi connectivity index (χ2n) is 3.72. The van der Waals surface area contributed by atoms with E-state index >= 15 is 0 Å². The monoisotopic (exact) mass is 234 g/mol. The standard InChI is InChI=1S/C14H10N4/c1-2-8-16-11(4-1)13-5-3-6-14(18-13)12-7-9-15-10-17-12/h1-10H. The molecule has 0 amide bonds. The third-order valence-electron chi connectivity index (χ3n) is 2.52. The van der Waals surface area contributed by atoms with Crippen molar-refractivity contribution in [1.29, 1.82) is 0 Å². The molecular formula is C14H10N4. The topological polar surface area (TPSA) is 51.6 Å². The largest absolute Gasteiger partial charge is 0.255 e. The number of rotatable bonds is 2. The normalized spacial score (nSPS) is 10.2. The van der Waals surface area contributed by atoms with E-state index in [0.29, 0.717) is 0 Å². The molecule has 18 heavy (non-hydrogen) atoms. The third-order valence-corrected chi connectivity index (χ3v) is 2.52. The molecule has 0 fully saturated rings. The summed E-state index contributed by atoms with van der Waals surface area (Å²) in [4.78, 5) is 16.9. The second-order valence-corrected chi connectivity index (χ2v) is 3.72. The van der Waals surface area contributed by atoms with Crippen molar-refractivity contribution in [3.63, 3.8) is 0 Å². The van der Waals surface area contributed by atoms with Crippen LogP contribution in [0.15, 0.2) is 61.2 Å². The van der Waals surface area contributed by atoms with Gasteiger partial charge in [-0.3, -0.25) is 4.98 Å². The van der Waals surface area contributed by atoms with E-state index < -0.39 is 0 Å². The molecule has 0 aliphatic rings. The van der Waals surface area contributed by atoms with Crippen LogP contribution in [-0.2, 0) is 0 Å². The Hall–Kier alpha value is -2.62. The molecule has 0 saturated carbocycles. The molecule has 0 radical (unpaired) electrons. The van der Waals surface area contributed by atoms with Crippen molar-refractivity contribution in [3.05, 3.63) is 61.2 Å². The first-order chi connectivity index (χ1) is 8.93. The van der Waals surface area contributed by atoms with Gasteiger partial charge in [0.15, 0.2) is 0 Å². The fourth-order valence-electron chi connectivity index (χ4n) is 1.68. The van der Waals surface area contributed by atoms with Crippen LogP contribution in [0.3, 0.4) is 0 Å². The lowest BCUT2D eigenvalue weighted by molar-refractivity contribution is 1.15. The molecule has 4 heteroatoms. The van der Waals surface area contributed by atoms with Gasteiger partial charge >= 0.3 is 0 Å². The first kappa shape index (κ1) is 10.5. The Bertz CT molecular complexity index is 583. The van der Waals surface area contributed by atoms with E-state index in [1.165, 1.54) is 6.33 Å². The number of nitrogens with zero attached hydrogens (tertiary/aromatic N) is 4. The van der Waals surface area contributed by atoms with Crippen molar-refractivity contribution in [3.8, 4) is 22.8 Å². The van der Waals surface area contributed by atoms with E-state index in [4.69, 9.17) is 0 Å². The zero-order valence-electron chi connectivity index (χ0n) is 9.56. The van der Waals surface area contributed by atoms with Crippen LogP contribution in [0.5, 0.6) is 0 Å². The summed E-state index contributed by atoms with van der Waals surface area (Å²) in [6.07, 6.45) is 4.98. The zero-order chi connectivity index (χ0) is 12.2. The summed E-state index contributed by atoms with van der Waals surface area (Å²) in [5, 5.41) is 0. The van der Waals surface area contributed by atoms with Crippen LogP contribution in [0.4, 0.5) is 0 Å². The van der Waals surface area contributed by atoms with Crippen molar-refractivity contribution in [2.45, 2.75) is 0 Å². The van der Waals surface area contributed by atoms with Gasteiger partial charge in [-0.2, -0.15) is 0 Å². The van der Waals surface area contributed by atoms with Gasteiger partial charge in [0.05, 0.1) is 22.8 Å². The minimum atomic E-state index is 0.808. The van der Waals surface area contributed by atoms with Gasteiger partial charge in [-0.25, -0.2) is 15.0 Å². The van der Waals surface area contributed by atoms with Gasteiger partial charge in [-0.15, -0.1) is 0 Å². The third kappa shape index (κ3) is 2.08. The summed E-state index contributed by atoms with van der Waals surface area (Å²) in [5.41, 5.74) is 3.32. The molecule has 0 aliphatic carbocycles. The van der Waals surface area contributed by atoms with Gasteiger partial charge in [0.2, 0.25) is 0 Å². The predicted molar refractivity (Wildman–Crippen MR) is 68.5 cm³/mol. The maximum atomic E-state index is 4.56. The molecule has 3 aromatic rings. The molecule has 0 spiro atoms. The van der Waals surface area contributed by atoms with E-state index in [2.05, 4.69) is 19.9 Å². The molecule has 3 aromatic heterocycles. The fraction of sp³-hybridized carbons (Fsp3) is 0. The van der Waals surface area contributed by atoms with Crippen molar-refractivity contribution in [1.82, 2.24) is 19.9 Å². The number of hydrogen-bond donors (Lipinski definition) is 0. The highest BCUT2D eigenvalue weighted by atomic mass is 14.9. The minimum Gasteiger partial charge on any atom is -0.255 e. The maximum absolute atomic E-state index is 4.56. The molecule has 0 atom stereocenters. The van der Waals surface area contributed by atoms with Gasteiger partial charge in [-0.05, 0) is 30.3 Å². The van der Waals surface area contributed by atoms with E-state index in [1.807, 2.05) is 42.5 Å². The average molecular weight is 234 g/mol. The van der Waals surface area contributed by atoms with Crippen molar-refractivity contribution < 1.29 is 0 Å². The Balaban J connectivity index is 2.05. The van der Waals surface area contributed by atoms with Crippen molar-refractivity contribution in [2.24, 2.45) is 0 Å². The number of aromatic nitrogens is 4. The maximum Gasteiger partial charge on any atom is 0.116 e. The summed E-state index contributed by atoms with van der Waals surface area (Å²) < 4.78 is 0. The predicted octanol–water partition coefficient (Wildman–Crippen LogP) is 2.60. The molecule has 0 aromatic carbocycles. The van der Waals surface area contributed by atoms with Crippen LogP contribution in [0.25, 0.3) is 22.8 Å².